The standard InChI is InChI=1S/C17H13BrFNO/c18-15-5-4-14(19)9-13(15)10-17(21)12-3-6-16-11(8-12)2-1-7-20-16/h1-9,17,21H,10H2. The van der Waals surface area contributed by atoms with Gasteiger partial charge in [-0.2, -0.15) is 0 Å². The Morgan fingerprint density at radius 3 is 2.86 bits per heavy atom. The highest BCUT2D eigenvalue weighted by atomic mass is 79.9. The number of fused-ring (bicyclic) bond motifs is 1. The lowest BCUT2D eigenvalue weighted by Gasteiger charge is -2.13. The Bertz CT molecular complexity index is 791. The van der Waals surface area contributed by atoms with Crippen molar-refractivity contribution in [3.63, 3.8) is 0 Å². The third-order valence-electron chi connectivity index (χ3n) is 3.43. The molecule has 21 heavy (non-hydrogen) atoms. The zero-order valence-electron chi connectivity index (χ0n) is 11.1. The fourth-order valence-electron chi connectivity index (χ4n) is 2.33. The first kappa shape index (κ1) is 14.2. The molecule has 0 saturated heterocycles. The van der Waals surface area contributed by atoms with Crippen molar-refractivity contribution >= 4 is 26.8 Å². The number of aromatic nitrogens is 1. The summed E-state index contributed by atoms with van der Waals surface area (Å²) in [6, 6.07) is 14.0. The molecular weight excluding hydrogens is 333 g/mol. The van der Waals surface area contributed by atoms with Crippen LogP contribution in [0.2, 0.25) is 0 Å². The molecular formula is C17H13BrFNO. The highest BCUT2D eigenvalue weighted by Gasteiger charge is 2.12. The van der Waals surface area contributed by atoms with Crippen molar-refractivity contribution in [2.45, 2.75) is 12.5 Å². The van der Waals surface area contributed by atoms with E-state index in [0.717, 1.165) is 26.5 Å². The van der Waals surface area contributed by atoms with E-state index in [4.69, 9.17) is 0 Å². The van der Waals surface area contributed by atoms with Gasteiger partial charge in [-0.25, -0.2) is 4.39 Å². The second-order valence-electron chi connectivity index (χ2n) is 4.91. The Morgan fingerprint density at radius 1 is 1.14 bits per heavy atom. The minimum absolute atomic E-state index is 0.303. The predicted octanol–water partition coefficient (Wildman–Crippen LogP) is 4.41. The average molecular weight is 346 g/mol. The summed E-state index contributed by atoms with van der Waals surface area (Å²) in [5.74, 6) is -0.303. The second kappa shape index (κ2) is 5.92. The Morgan fingerprint density at radius 2 is 2.00 bits per heavy atom. The smallest absolute Gasteiger partial charge is 0.123 e. The van der Waals surface area contributed by atoms with Gasteiger partial charge in [0.1, 0.15) is 5.82 Å². The maximum atomic E-state index is 13.3. The monoisotopic (exact) mass is 345 g/mol. The third-order valence-corrected chi connectivity index (χ3v) is 4.21. The lowest BCUT2D eigenvalue weighted by atomic mass is 10.00. The van der Waals surface area contributed by atoms with E-state index < -0.39 is 6.10 Å². The van der Waals surface area contributed by atoms with Gasteiger partial charge in [0.05, 0.1) is 11.6 Å². The van der Waals surface area contributed by atoms with Crippen LogP contribution in [0.1, 0.15) is 17.2 Å². The molecule has 1 atom stereocenters. The van der Waals surface area contributed by atoms with Crippen LogP contribution >= 0.6 is 15.9 Å². The van der Waals surface area contributed by atoms with Crippen molar-refractivity contribution in [1.29, 1.82) is 0 Å². The van der Waals surface area contributed by atoms with Crippen LogP contribution < -0.4 is 0 Å². The summed E-state index contributed by atoms with van der Waals surface area (Å²) in [6.45, 7) is 0. The molecule has 0 fully saturated rings. The van der Waals surface area contributed by atoms with Crippen molar-refractivity contribution in [3.05, 3.63) is 76.1 Å². The average Bonchev–Trinajstić information content (AvgIpc) is 2.50. The van der Waals surface area contributed by atoms with Crippen LogP contribution in [-0.2, 0) is 6.42 Å². The van der Waals surface area contributed by atoms with Gasteiger partial charge >= 0.3 is 0 Å². The van der Waals surface area contributed by atoms with Crippen molar-refractivity contribution in [3.8, 4) is 0 Å². The lowest BCUT2D eigenvalue weighted by Crippen LogP contribution is -2.03. The van der Waals surface area contributed by atoms with E-state index in [-0.39, 0.29) is 5.82 Å². The number of aliphatic hydroxyl groups excluding tert-OH is 1. The molecule has 1 unspecified atom stereocenters. The van der Waals surface area contributed by atoms with Crippen molar-refractivity contribution in [1.82, 2.24) is 4.98 Å². The molecule has 2 nitrogen and oxygen atoms in total. The maximum absolute atomic E-state index is 13.3. The quantitative estimate of drug-likeness (QED) is 0.762. The van der Waals surface area contributed by atoms with Gasteiger partial charge < -0.3 is 5.11 Å². The summed E-state index contributed by atoms with van der Waals surface area (Å²) in [4.78, 5) is 4.25. The summed E-state index contributed by atoms with van der Waals surface area (Å²) in [7, 11) is 0. The van der Waals surface area contributed by atoms with E-state index in [1.165, 1.54) is 12.1 Å². The van der Waals surface area contributed by atoms with Gasteiger partial charge in [0.2, 0.25) is 0 Å². The fourth-order valence-corrected chi connectivity index (χ4v) is 2.74. The predicted molar refractivity (Wildman–Crippen MR) is 84.5 cm³/mol. The maximum Gasteiger partial charge on any atom is 0.123 e. The van der Waals surface area contributed by atoms with Crippen LogP contribution in [0.5, 0.6) is 0 Å². The van der Waals surface area contributed by atoms with E-state index in [0.29, 0.717) is 6.42 Å². The van der Waals surface area contributed by atoms with E-state index in [9.17, 15) is 9.50 Å². The number of halogens is 2. The molecule has 0 bridgehead atoms. The van der Waals surface area contributed by atoms with Crippen molar-refractivity contribution < 1.29 is 9.50 Å². The molecule has 1 N–H and O–H groups in total. The largest absolute Gasteiger partial charge is 0.388 e. The van der Waals surface area contributed by atoms with Gasteiger partial charge in [0, 0.05) is 22.5 Å². The third kappa shape index (κ3) is 3.12. The van der Waals surface area contributed by atoms with Crippen LogP contribution in [0.25, 0.3) is 10.9 Å². The molecule has 0 aliphatic carbocycles. The van der Waals surface area contributed by atoms with Crippen LogP contribution in [0.15, 0.2) is 59.2 Å². The highest BCUT2D eigenvalue weighted by Crippen LogP contribution is 2.26. The van der Waals surface area contributed by atoms with Crippen LogP contribution in [0.3, 0.4) is 0 Å². The van der Waals surface area contributed by atoms with E-state index in [1.54, 1.807) is 12.3 Å². The zero-order valence-corrected chi connectivity index (χ0v) is 12.7. The van der Waals surface area contributed by atoms with Gasteiger partial charge in [-0.3, -0.25) is 4.98 Å². The molecule has 0 aliphatic heterocycles. The molecule has 3 rings (SSSR count). The minimum atomic E-state index is -0.687. The number of aliphatic hydroxyl groups is 1. The number of nitrogens with zero attached hydrogens (tertiary/aromatic N) is 1. The number of pyridine rings is 1. The topological polar surface area (TPSA) is 33.1 Å². The second-order valence-corrected chi connectivity index (χ2v) is 5.77. The SMILES string of the molecule is OC(Cc1cc(F)ccc1Br)c1ccc2ncccc2c1. The molecule has 0 saturated carbocycles. The molecule has 3 aromatic rings. The fraction of sp³-hybridized carbons (Fsp3) is 0.118. The number of benzene rings is 2. The molecule has 1 aromatic heterocycles. The molecule has 0 radical (unpaired) electrons. The van der Waals surface area contributed by atoms with Gasteiger partial charge in [-0.05, 0) is 47.5 Å². The molecule has 2 aromatic carbocycles. The van der Waals surface area contributed by atoms with Crippen LogP contribution in [0.4, 0.5) is 4.39 Å². The Kier molecular flexibility index (Phi) is 3.99. The summed E-state index contributed by atoms with van der Waals surface area (Å²) in [5.41, 5.74) is 2.43. The summed E-state index contributed by atoms with van der Waals surface area (Å²) < 4.78 is 14.1. The first-order valence-corrected chi connectivity index (χ1v) is 7.39. The summed E-state index contributed by atoms with van der Waals surface area (Å²) in [5, 5.41) is 11.4. The minimum Gasteiger partial charge on any atom is -0.388 e. The van der Waals surface area contributed by atoms with Gasteiger partial charge in [-0.15, -0.1) is 0 Å². The molecule has 4 heteroatoms. The number of hydrogen-bond donors (Lipinski definition) is 1. The zero-order chi connectivity index (χ0) is 14.8. The van der Waals surface area contributed by atoms with Crippen molar-refractivity contribution in [2.75, 3.05) is 0 Å². The van der Waals surface area contributed by atoms with Gasteiger partial charge in [0.15, 0.2) is 0 Å². The number of hydrogen-bond acceptors (Lipinski definition) is 2. The van der Waals surface area contributed by atoms with Crippen LogP contribution in [0, 0.1) is 5.82 Å². The summed E-state index contributed by atoms with van der Waals surface area (Å²) in [6.07, 6.45) is 1.40. The number of rotatable bonds is 3. The molecule has 106 valence electrons. The van der Waals surface area contributed by atoms with E-state index in [2.05, 4.69) is 20.9 Å². The highest BCUT2D eigenvalue weighted by molar-refractivity contribution is 9.10. The van der Waals surface area contributed by atoms with Gasteiger partial charge in [0.25, 0.3) is 0 Å². The molecule has 0 amide bonds. The first-order chi connectivity index (χ1) is 10.1. The van der Waals surface area contributed by atoms with Gasteiger partial charge in [-0.1, -0.05) is 28.1 Å². The first-order valence-electron chi connectivity index (χ1n) is 6.60. The van der Waals surface area contributed by atoms with Crippen molar-refractivity contribution in [2.24, 2.45) is 0 Å². The normalized spacial score (nSPS) is 12.5. The van der Waals surface area contributed by atoms with E-state index in [1.807, 2.05) is 30.3 Å². The van der Waals surface area contributed by atoms with E-state index >= 15 is 0 Å². The van der Waals surface area contributed by atoms with Crippen LogP contribution in [-0.4, -0.2) is 10.1 Å². The lowest BCUT2D eigenvalue weighted by molar-refractivity contribution is 0.178. The Balaban J connectivity index is 1.89. The molecule has 1 heterocycles. The Hall–Kier alpha value is -1.78. The molecule has 0 aliphatic rings. The summed E-state index contributed by atoms with van der Waals surface area (Å²) >= 11 is 3.38. The molecule has 0 spiro atoms. The Labute approximate surface area is 130 Å².